The third-order valence-electron chi connectivity index (χ3n) is 1.13. The molecule has 0 aromatic heterocycles. The Kier molecular flexibility index (Phi) is 4.04. The molecule has 0 radical (unpaired) electrons. The second-order valence-electron chi connectivity index (χ2n) is 2.45. The summed E-state index contributed by atoms with van der Waals surface area (Å²) in [6, 6.07) is 0. The van der Waals surface area contributed by atoms with E-state index in [4.69, 9.17) is 0 Å². The summed E-state index contributed by atoms with van der Waals surface area (Å²) in [6.07, 6.45) is 1.46. The Bertz CT molecular complexity index is 218. The molecule has 0 spiro atoms. The number of carbonyl (C=O) groups excluding carboxylic acids is 2. The molecule has 0 unspecified atom stereocenters. The van der Waals surface area contributed by atoms with Gasteiger partial charge in [0.2, 0.25) is 0 Å². The molecule has 0 atom stereocenters. The SMILES string of the molecule is C/C=C(/OC(C)=O)C(=O)N(C)C. The number of rotatable bonds is 2. The van der Waals surface area contributed by atoms with Crippen molar-refractivity contribution in [2.24, 2.45) is 0 Å². The van der Waals surface area contributed by atoms with Crippen LogP contribution < -0.4 is 0 Å². The van der Waals surface area contributed by atoms with Crippen LogP contribution in [0.3, 0.4) is 0 Å². The van der Waals surface area contributed by atoms with Crippen molar-refractivity contribution in [3.05, 3.63) is 11.8 Å². The van der Waals surface area contributed by atoms with Gasteiger partial charge in [-0.05, 0) is 13.0 Å². The van der Waals surface area contributed by atoms with E-state index in [2.05, 4.69) is 4.74 Å². The van der Waals surface area contributed by atoms with Crippen LogP contribution in [0.4, 0.5) is 0 Å². The van der Waals surface area contributed by atoms with Crippen LogP contribution >= 0.6 is 0 Å². The lowest BCUT2D eigenvalue weighted by molar-refractivity contribution is -0.142. The van der Waals surface area contributed by atoms with Crippen LogP contribution in [0.2, 0.25) is 0 Å². The summed E-state index contributed by atoms with van der Waals surface area (Å²) in [4.78, 5) is 23.0. The van der Waals surface area contributed by atoms with Gasteiger partial charge in [0.25, 0.3) is 5.91 Å². The summed E-state index contributed by atoms with van der Waals surface area (Å²) < 4.78 is 4.65. The van der Waals surface area contributed by atoms with Gasteiger partial charge in [0, 0.05) is 21.0 Å². The van der Waals surface area contributed by atoms with E-state index in [-0.39, 0.29) is 11.7 Å². The highest BCUT2D eigenvalue weighted by molar-refractivity contribution is 5.93. The van der Waals surface area contributed by atoms with E-state index in [0.717, 1.165) is 0 Å². The molecule has 0 saturated heterocycles. The van der Waals surface area contributed by atoms with E-state index in [1.54, 1.807) is 21.0 Å². The lowest BCUT2D eigenvalue weighted by Gasteiger charge is -2.11. The maximum atomic E-state index is 11.2. The van der Waals surface area contributed by atoms with Crippen LogP contribution in [0.5, 0.6) is 0 Å². The number of esters is 1. The zero-order valence-corrected chi connectivity index (χ0v) is 7.75. The molecule has 0 aromatic rings. The fourth-order valence-corrected chi connectivity index (χ4v) is 0.601. The molecule has 0 aliphatic rings. The van der Waals surface area contributed by atoms with Gasteiger partial charge in [0.15, 0.2) is 5.76 Å². The first kappa shape index (κ1) is 10.7. The fraction of sp³-hybridized carbons (Fsp3) is 0.500. The van der Waals surface area contributed by atoms with Crippen molar-refractivity contribution >= 4 is 11.9 Å². The first-order valence-corrected chi connectivity index (χ1v) is 3.55. The van der Waals surface area contributed by atoms with Crippen molar-refractivity contribution in [2.45, 2.75) is 13.8 Å². The van der Waals surface area contributed by atoms with Crippen molar-refractivity contribution in [3.8, 4) is 0 Å². The molecule has 4 heteroatoms. The second-order valence-corrected chi connectivity index (χ2v) is 2.45. The Morgan fingerprint density at radius 2 is 1.83 bits per heavy atom. The highest BCUT2D eigenvalue weighted by atomic mass is 16.5. The highest BCUT2D eigenvalue weighted by Crippen LogP contribution is 2.01. The minimum Gasteiger partial charge on any atom is -0.421 e. The van der Waals surface area contributed by atoms with E-state index in [0.29, 0.717) is 0 Å². The van der Waals surface area contributed by atoms with Gasteiger partial charge in [0.1, 0.15) is 0 Å². The Labute approximate surface area is 71.8 Å². The summed E-state index contributed by atoms with van der Waals surface area (Å²) in [5.41, 5.74) is 0. The first-order chi connectivity index (χ1) is 5.49. The van der Waals surface area contributed by atoms with Crippen LogP contribution in [-0.4, -0.2) is 30.9 Å². The fourth-order valence-electron chi connectivity index (χ4n) is 0.601. The van der Waals surface area contributed by atoms with Crippen LogP contribution in [-0.2, 0) is 14.3 Å². The molecule has 12 heavy (non-hydrogen) atoms. The van der Waals surface area contributed by atoms with E-state index < -0.39 is 5.97 Å². The summed E-state index contributed by atoms with van der Waals surface area (Å²) in [5.74, 6) is -0.737. The standard InChI is InChI=1S/C8H13NO3/c1-5-7(12-6(2)10)8(11)9(3)4/h5H,1-4H3/b7-5+. The number of likely N-dealkylation sites (N-methyl/N-ethyl adjacent to an activating group) is 1. The third kappa shape index (κ3) is 3.18. The zero-order valence-electron chi connectivity index (χ0n) is 7.75. The number of amides is 1. The lowest BCUT2D eigenvalue weighted by atomic mass is 10.4. The van der Waals surface area contributed by atoms with Gasteiger partial charge in [0.05, 0.1) is 0 Å². The van der Waals surface area contributed by atoms with Crippen molar-refractivity contribution < 1.29 is 14.3 Å². The number of carbonyl (C=O) groups is 2. The maximum Gasteiger partial charge on any atom is 0.308 e. The van der Waals surface area contributed by atoms with Gasteiger partial charge in [-0.1, -0.05) is 0 Å². The van der Waals surface area contributed by atoms with Crippen LogP contribution in [0.15, 0.2) is 11.8 Å². The Balaban J connectivity index is 4.38. The maximum absolute atomic E-state index is 11.2. The minimum absolute atomic E-state index is 0.0625. The van der Waals surface area contributed by atoms with Gasteiger partial charge < -0.3 is 9.64 Å². The number of allylic oxidation sites excluding steroid dienone is 1. The summed E-state index contributed by atoms with van der Waals surface area (Å²) >= 11 is 0. The van der Waals surface area contributed by atoms with E-state index in [1.807, 2.05) is 0 Å². The van der Waals surface area contributed by atoms with Gasteiger partial charge in [-0.3, -0.25) is 9.59 Å². The summed E-state index contributed by atoms with van der Waals surface area (Å²) in [5, 5.41) is 0. The average molecular weight is 171 g/mol. The molecule has 0 saturated carbocycles. The van der Waals surface area contributed by atoms with Crippen LogP contribution in [0.25, 0.3) is 0 Å². The average Bonchev–Trinajstić information content (AvgIpc) is 1.98. The molecule has 0 heterocycles. The van der Waals surface area contributed by atoms with Crippen molar-refractivity contribution in [1.82, 2.24) is 4.90 Å². The first-order valence-electron chi connectivity index (χ1n) is 3.55. The van der Waals surface area contributed by atoms with Gasteiger partial charge >= 0.3 is 5.97 Å². The summed E-state index contributed by atoms with van der Waals surface area (Å²) in [6.45, 7) is 2.89. The molecule has 68 valence electrons. The quantitative estimate of drug-likeness (QED) is 0.346. The molecule has 0 rings (SSSR count). The van der Waals surface area contributed by atoms with Crippen molar-refractivity contribution in [1.29, 1.82) is 0 Å². The predicted molar refractivity (Wildman–Crippen MR) is 44.2 cm³/mol. The smallest absolute Gasteiger partial charge is 0.308 e. The topological polar surface area (TPSA) is 46.6 Å². The number of nitrogens with zero attached hydrogens (tertiary/aromatic N) is 1. The van der Waals surface area contributed by atoms with E-state index in [9.17, 15) is 9.59 Å². The number of ether oxygens (including phenoxy) is 1. The Morgan fingerprint density at radius 1 is 1.33 bits per heavy atom. The lowest BCUT2D eigenvalue weighted by Crippen LogP contribution is -2.25. The molecule has 0 bridgehead atoms. The van der Waals surface area contributed by atoms with Crippen LogP contribution in [0.1, 0.15) is 13.8 Å². The third-order valence-corrected chi connectivity index (χ3v) is 1.13. The van der Waals surface area contributed by atoms with Crippen molar-refractivity contribution in [3.63, 3.8) is 0 Å². The normalized spacial score (nSPS) is 10.8. The number of hydrogen-bond donors (Lipinski definition) is 0. The largest absolute Gasteiger partial charge is 0.421 e. The molecule has 0 N–H and O–H groups in total. The monoisotopic (exact) mass is 171 g/mol. The Morgan fingerprint density at radius 3 is 2.08 bits per heavy atom. The molecule has 1 amide bonds. The van der Waals surface area contributed by atoms with Gasteiger partial charge in [-0.25, -0.2) is 0 Å². The van der Waals surface area contributed by atoms with Crippen molar-refractivity contribution in [2.75, 3.05) is 14.1 Å². The highest BCUT2D eigenvalue weighted by Gasteiger charge is 2.13. The number of hydrogen-bond acceptors (Lipinski definition) is 3. The molecule has 0 aliphatic heterocycles. The van der Waals surface area contributed by atoms with Gasteiger partial charge in [-0.15, -0.1) is 0 Å². The molecular weight excluding hydrogens is 158 g/mol. The zero-order chi connectivity index (χ0) is 9.72. The molecule has 0 aliphatic carbocycles. The second kappa shape index (κ2) is 4.54. The van der Waals surface area contributed by atoms with E-state index in [1.165, 1.54) is 17.9 Å². The minimum atomic E-state index is -0.488. The van der Waals surface area contributed by atoms with E-state index >= 15 is 0 Å². The molecule has 0 aromatic carbocycles. The molecular formula is C8H13NO3. The van der Waals surface area contributed by atoms with Crippen LogP contribution in [0, 0.1) is 0 Å². The Hall–Kier alpha value is -1.32. The predicted octanol–water partition coefficient (Wildman–Crippen LogP) is 0.542. The molecule has 0 fully saturated rings. The molecule has 4 nitrogen and oxygen atoms in total. The van der Waals surface area contributed by atoms with Gasteiger partial charge in [-0.2, -0.15) is 0 Å². The summed E-state index contributed by atoms with van der Waals surface area (Å²) in [7, 11) is 3.19.